The molecule has 0 aliphatic carbocycles. The summed E-state index contributed by atoms with van der Waals surface area (Å²) in [4.78, 5) is 24.8. The second kappa shape index (κ2) is 8.61. The molecular weight excluding hydrogens is 396 g/mol. The number of nitrogens with zero attached hydrogens (tertiary/aromatic N) is 1. The molecule has 8 nitrogen and oxygen atoms in total. The monoisotopic (exact) mass is 413 g/mol. The molecular formula is C20H17N2O6S-. The van der Waals surface area contributed by atoms with Crippen molar-refractivity contribution in [3.05, 3.63) is 53.7 Å². The first-order valence-electron chi connectivity index (χ1n) is 8.45. The lowest BCUT2D eigenvalue weighted by Crippen LogP contribution is -2.30. The van der Waals surface area contributed by atoms with Crippen molar-refractivity contribution in [1.82, 2.24) is 5.32 Å². The summed E-state index contributed by atoms with van der Waals surface area (Å²) in [5, 5.41) is 13.7. The van der Waals surface area contributed by atoms with Crippen LogP contribution in [0.25, 0.3) is 6.08 Å². The molecule has 1 aliphatic rings. The fourth-order valence-corrected chi connectivity index (χ4v) is 3.00. The van der Waals surface area contributed by atoms with Crippen molar-refractivity contribution in [3.63, 3.8) is 0 Å². The van der Waals surface area contributed by atoms with Gasteiger partial charge in [0.2, 0.25) is 0 Å². The van der Waals surface area contributed by atoms with Crippen molar-refractivity contribution in [3.8, 4) is 17.2 Å². The van der Waals surface area contributed by atoms with E-state index in [2.05, 4.69) is 5.32 Å². The number of carboxylic acid groups (broad SMARTS) is 1. The number of nitrogens with one attached hydrogen (secondary N) is 1. The van der Waals surface area contributed by atoms with Gasteiger partial charge in [-0.05, 0) is 60.3 Å². The summed E-state index contributed by atoms with van der Waals surface area (Å²) < 4.78 is 15.5. The lowest BCUT2D eigenvalue weighted by atomic mass is 10.1. The number of amides is 1. The molecule has 0 bridgehead atoms. The van der Waals surface area contributed by atoms with Gasteiger partial charge in [-0.1, -0.05) is 6.07 Å². The Kier molecular flexibility index (Phi) is 5.99. The minimum Gasteiger partial charge on any atom is -0.546 e. The van der Waals surface area contributed by atoms with Gasteiger partial charge in [0.05, 0.1) is 25.9 Å². The Balaban J connectivity index is 1.84. The van der Waals surface area contributed by atoms with Gasteiger partial charge in [-0.15, -0.1) is 0 Å². The van der Waals surface area contributed by atoms with E-state index >= 15 is 0 Å². The number of hydrogen-bond acceptors (Lipinski definition) is 7. The van der Waals surface area contributed by atoms with Crippen LogP contribution in [0.2, 0.25) is 0 Å². The largest absolute Gasteiger partial charge is 0.546 e. The van der Waals surface area contributed by atoms with Crippen molar-refractivity contribution in [1.29, 1.82) is 0 Å². The van der Waals surface area contributed by atoms with Gasteiger partial charge >= 0.3 is 0 Å². The molecule has 1 N–H and O–H groups in total. The molecule has 9 heteroatoms. The number of methoxy groups -OCH3 is 2. The van der Waals surface area contributed by atoms with Crippen LogP contribution in [0.3, 0.4) is 0 Å². The summed E-state index contributed by atoms with van der Waals surface area (Å²) >= 11 is 5.30. The molecule has 2 aromatic rings. The van der Waals surface area contributed by atoms with Crippen molar-refractivity contribution in [2.24, 2.45) is 0 Å². The zero-order valence-electron chi connectivity index (χ0n) is 15.6. The lowest BCUT2D eigenvalue weighted by Gasteiger charge is -2.14. The van der Waals surface area contributed by atoms with Gasteiger partial charge in [0, 0.05) is 0 Å². The fraction of sp³-hybridized carbons (Fsp3) is 0.150. The number of carbonyl (C=O) groups excluding carboxylic acids is 2. The SMILES string of the molecule is COc1ccc(N2C(=O)/C(=C/c3ccc(OCC(=O)[O-])c(OC)c3)NC2=S)cc1. The van der Waals surface area contributed by atoms with Crippen LogP contribution < -0.4 is 29.5 Å². The number of rotatable bonds is 7. The maximum Gasteiger partial charge on any atom is 0.281 e. The van der Waals surface area contributed by atoms with Crippen LogP contribution in [0.4, 0.5) is 5.69 Å². The summed E-state index contributed by atoms with van der Waals surface area (Å²) in [6.45, 7) is -0.595. The maximum absolute atomic E-state index is 12.8. The van der Waals surface area contributed by atoms with E-state index in [-0.39, 0.29) is 22.5 Å². The first kappa shape index (κ1) is 20.2. The number of hydrogen-bond donors (Lipinski definition) is 1. The smallest absolute Gasteiger partial charge is 0.281 e. The summed E-state index contributed by atoms with van der Waals surface area (Å²) in [5.74, 6) is -0.411. The second-order valence-electron chi connectivity index (χ2n) is 5.90. The highest BCUT2D eigenvalue weighted by molar-refractivity contribution is 7.80. The molecule has 0 atom stereocenters. The van der Waals surface area contributed by atoms with E-state index in [1.54, 1.807) is 55.7 Å². The van der Waals surface area contributed by atoms with Crippen molar-refractivity contribution in [2.75, 3.05) is 25.7 Å². The average Bonchev–Trinajstić information content (AvgIpc) is 2.99. The molecule has 3 rings (SSSR count). The molecule has 1 fully saturated rings. The Morgan fingerprint density at radius 2 is 1.86 bits per heavy atom. The molecule has 0 unspecified atom stereocenters. The predicted octanol–water partition coefficient (Wildman–Crippen LogP) is 1.09. The number of benzene rings is 2. The van der Waals surface area contributed by atoms with Crippen molar-refractivity contribution < 1.29 is 28.9 Å². The maximum atomic E-state index is 12.8. The van der Waals surface area contributed by atoms with E-state index in [9.17, 15) is 14.7 Å². The number of carbonyl (C=O) groups is 2. The van der Waals surface area contributed by atoms with Gasteiger partial charge in [-0.25, -0.2) is 0 Å². The van der Waals surface area contributed by atoms with Crippen molar-refractivity contribution >= 4 is 41.0 Å². The number of thiocarbonyl (C=S) groups is 1. The van der Waals surface area contributed by atoms with Gasteiger partial charge in [0.1, 0.15) is 18.1 Å². The standard InChI is InChI=1S/C20H18N2O6S/c1-26-14-6-4-13(5-7-14)22-19(25)15(21-20(22)29)9-12-3-8-16(17(10-12)27-2)28-11-18(23)24/h3-10H,11H2,1-2H3,(H,21,29)(H,23,24)/p-1/b15-9-. The Bertz CT molecular complexity index is 987. The summed E-state index contributed by atoms with van der Waals surface area (Å²) in [6.07, 6.45) is 1.61. The first-order valence-corrected chi connectivity index (χ1v) is 8.85. The van der Waals surface area contributed by atoms with E-state index < -0.39 is 12.6 Å². The Labute approximate surface area is 172 Å². The Morgan fingerprint density at radius 1 is 1.14 bits per heavy atom. The zero-order valence-corrected chi connectivity index (χ0v) is 16.4. The molecule has 0 radical (unpaired) electrons. The molecule has 1 amide bonds. The average molecular weight is 413 g/mol. The molecule has 0 aromatic heterocycles. The number of aliphatic carboxylic acids is 1. The Morgan fingerprint density at radius 3 is 2.48 bits per heavy atom. The highest BCUT2D eigenvalue weighted by Gasteiger charge is 2.32. The van der Waals surface area contributed by atoms with Crippen LogP contribution >= 0.6 is 12.2 Å². The number of ether oxygens (including phenoxy) is 3. The highest BCUT2D eigenvalue weighted by Crippen LogP contribution is 2.30. The summed E-state index contributed by atoms with van der Waals surface area (Å²) in [6, 6.07) is 11.8. The number of anilines is 1. The first-order chi connectivity index (χ1) is 13.9. The van der Waals surface area contributed by atoms with Crippen LogP contribution in [-0.4, -0.2) is 37.8 Å². The molecule has 150 valence electrons. The molecule has 1 saturated heterocycles. The third kappa shape index (κ3) is 4.46. The Hall–Kier alpha value is -3.59. The lowest BCUT2D eigenvalue weighted by molar-refractivity contribution is -0.307. The van der Waals surface area contributed by atoms with E-state index in [1.807, 2.05) is 0 Å². The van der Waals surface area contributed by atoms with Gasteiger partial charge in [0.25, 0.3) is 5.91 Å². The fourth-order valence-electron chi connectivity index (χ4n) is 2.70. The van der Waals surface area contributed by atoms with Crippen LogP contribution in [0.5, 0.6) is 17.2 Å². The third-order valence-electron chi connectivity index (χ3n) is 4.05. The topological polar surface area (TPSA) is 100 Å². The van der Waals surface area contributed by atoms with Crippen LogP contribution in [-0.2, 0) is 9.59 Å². The van der Waals surface area contributed by atoms with Gasteiger partial charge in [-0.2, -0.15) is 0 Å². The highest BCUT2D eigenvalue weighted by atomic mass is 32.1. The minimum atomic E-state index is -1.34. The molecule has 1 aliphatic heterocycles. The van der Waals surface area contributed by atoms with E-state index in [0.29, 0.717) is 22.7 Å². The normalized spacial score (nSPS) is 14.7. The van der Waals surface area contributed by atoms with E-state index in [1.165, 1.54) is 12.0 Å². The van der Waals surface area contributed by atoms with Gasteiger partial charge < -0.3 is 29.4 Å². The van der Waals surface area contributed by atoms with E-state index in [0.717, 1.165) is 0 Å². The summed E-state index contributed by atoms with van der Waals surface area (Å²) in [5.41, 5.74) is 1.54. The molecule has 0 saturated carbocycles. The molecule has 1 heterocycles. The minimum absolute atomic E-state index is 0.250. The molecule has 0 spiro atoms. The zero-order chi connectivity index (χ0) is 21.0. The number of carboxylic acids is 1. The van der Waals surface area contributed by atoms with Gasteiger partial charge in [-0.3, -0.25) is 9.69 Å². The van der Waals surface area contributed by atoms with Crippen LogP contribution in [0.1, 0.15) is 5.56 Å². The predicted molar refractivity (Wildman–Crippen MR) is 108 cm³/mol. The third-order valence-corrected chi connectivity index (χ3v) is 4.34. The van der Waals surface area contributed by atoms with Crippen molar-refractivity contribution in [2.45, 2.75) is 0 Å². The van der Waals surface area contributed by atoms with E-state index in [4.69, 9.17) is 26.4 Å². The quantitative estimate of drug-likeness (QED) is 0.532. The molecule has 29 heavy (non-hydrogen) atoms. The van der Waals surface area contributed by atoms with Crippen LogP contribution in [0.15, 0.2) is 48.2 Å². The molecule has 2 aromatic carbocycles. The van der Waals surface area contributed by atoms with Gasteiger partial charge in [0.15, 0.2) is 16.6 Å². The van der Waals surface area contributed by atoms with Crippen LogP contribution in [0, 0.1) is 0 Å². The second-order valence-corrected chi connectivity index (χ2v) is 6.28. The summed E-state index contributed by atoms with van der Waals surface area (Å²) in [7, 11) is 2.99.